The average molecular weight is 817 g/mol. The van der Waals surface area contributed by atoms with Crippen LogP contribution in [0.2, 0.25) is 0 Å². The van der Waals surface area contributed by atoms with E-state index in [1.165, 1.54) is 0 Å². The van der Waals surface area contributed by atoms with E-state index in [1.807, 2.05) is 62.4 Å². The molecule has 250 valence electrons. The quantitative estimate of drug-likeness (QED) is 0.254. The Morgan fingerprint density at radius 1 is 0.644 bits per heavy atom. The lowest BCUT2D eigenvalue weighted by molar-refractivity contribution is -0.162. The molecule has 45 heavy (non-hydrogen) atoms. The Morgan fingerprint density at radius 3 is 1.36 bits per heavy atom. The van der Waals surface area contributed by atoms with E-state index < -0.39 is 11.0 Å². The highest BCUT2D eigenvalue weighted by atomic mass is 79.9. The fourth-order valence-electron chi connectivity index (χ4n) is 6.27. The zero-order valence-electron chi connectivity index (χ0n) is 27.1. The lowest BCUT2D eigenvalue weighted by Crippen LogP contribution is -2.42. The van der Waals surface area contributed by atoms with Crippen LogP contribution in [-0.4, -0.2) is 36.0 Å². The van der Waals surface area contributed by atoms with Crippen LogP contribution in [0.5, 0.6) is 0 Å². The van der Waals surface area contributed by atoms with Crippen molar-refractivity contribution in [2.45, 2.75) is 110 Å². The maximum atomic E-state index is 12.4. The highest BCUT2D eigenvalue weighted by Crippen LogP contribution is 2.48. The van der Waals surface area contributed by atoms with Gasteiger partial charge in [-0.15, -0.1) is 0 Å². The number of aliphatic hydroxyl groups is 1. The van der Waals surface area contributed by atoms with Crippen LogP contribution in [0.1, 0.15) is 110 Å². The summed E-state index contributed by atoms with van der Waals surface area (Å²) in [6, 6.07) is 15.8. The average Bonchev–Trinajstić information content (AvgIpc) is 3.02. The van der Waals surface area contributed by atoms with Gasteiger partial charge in [0.05, 0.1) is 29.6 Å². The molecule has 2 fully saturated rings. The van der Waals surface area contributed by atoms with Crippen LogP contribution in [0.15, 0.2) is 61.9 Å². The largest absolute Gasteiger partial charge is 0.466 e. The van der Waals surface area contributed by atoms with Crippen molar-refractivity contribution in [2.75, 3.05) is 13.2 Å². The van der Waals surface area contributed by atoms with Gasteiger partial charge in [0.1, 0.15) is 5.78 Å². The Morgan fingerprint density at radius 2 is 1.00 bits per heavy atom. The van der Waals surface area contributed by atoms with Gasteiger partial charge in [-0.25, -0.2) is 0 Å². The molecule has 2 aromatic rings. The summed E-state index contributed by atoms with van der Waals surface area (Å²) in [6.45, 7) is 8.68. The van der Waals surface area contributed by atoms with E-state index in [-0.39, 0.29) is 23.1 Å². The number of ketones is 1. The van der Waals surface area contributed by atoms with Crippen LogP contribution in [-0.2, 0) is 29.5 Å². The van der Waals surface area contributed by atoms with Crippen molar-refractivity contribution < 1.29 is 29.0 Å². The first kappa shape index (κ1) is 39.6. The van der Waals surface area contributed by atoms with Gasteiger partial charge in [0.15, 0.2) is 0 Å². The minimum atomic E-state index is -0.829. The van der Waals surface area contributed by atoms with E-state index in [4.69, 9.17) is 9.47 Å². The lowest BCUT2D eigenvalue weighted by Gasteiger charge is -2.42. The molecule has 0 radical (unpaired) electrons. The first-order valence-electron chi connectivity index (χ1n) is 16.1. The molecule has 2 aliphatic carbocycles. The smallest absolute Gasteiger partial charge is 0.312 e. The Labute approximate surface area is 294 Å². The van der Waals surface area contributed by atoms with E-state index in [2.05, 4.69) is 61.6 Å². The highest BCUT2D eigenvalue weighted by Gasteiger charge is 2.47. The topological polar surface area (TPSA) is 89.9 Å². The molecule has 0 unspecified atom stereocenters. The van der Waals surface area contributed by atoms with Gasteiger partial charge < -0.3 is 14.6 Å². The summed E-state index contributed by atoms with van der Waals surface area (Å²) in [5.41, 5.74) is -0.667. The predicted octanol–water partition coefficient (Wildman–Crippen LogP) is 10.3. The zero-order valence-corrected chi connectivity index (χ0v) is 31.9. The molecule has 1 N–H and O–H groups in total. The fraction of sp³-hybridized carbons (Fsp3) is 0.583. The molecule has 2 saturated carbocycles. The van der Waals surface area contributed by atoms with Crippen molar-refractivity contribution >= 4 is 65.5 Å². The van der Waals surface area contributed by atoms with Crippen molar-refractivity contribution in [3.63, 3.8) is 0 Å². The molecular formula is C36H49Br3O6. The summed E-state index contributed by atoms with van der Waals surface area (Å²) in [4.78, 5) is 35.5. The first-order valence-corrected chi connectivity index (χ1v) is 18.5. The minimum Gasteiger partial charge on any atom is -0.466 e. The third-order valence-corrected chi connectivity index (χ3v) is 10.4. The van der Waals surface area contributed by atoms with Gasteiger partial charge in [-0.2, -0.15) is 0 Å². The molecule has 6 nitrogen and oxygen atoms in total. The predicted molar refractivity (Wildman–Crippen MR) is 190 cm³/mol. The molecule has 0 bridgehead atoms. The second-order valence-corrected chi connectivity index (χ2v) is 14.8. The van der Waals surface area contributed by atoms with Crippen LogP contribution in [0.25, 0.3) is 0 Å². The third kappa shape index (κ3) is 11.9. The van der Waals surface area contributed by atoms with Crippen molar-refractivity contribution in [1.29, 1.82) is 0 Å². The van der Waals surface area contributed by atoms with Gasteiger partial charge in [-0.1, -0.05) is 86.6 Å². The molecule has 0 spiro atoms. The van der Waals surface area contributed by atoms with Crippen molar-refractivity contribution in [1.82, 2.24) is 0 Å². The molecule has 0 aliphatic heterocycles. The molecule has 0 saturated heterocycles. The van der Waals surface area contributed by atoms with Crippen LogP contribution in [0.4, 0.5) is 0 Å². The first-order chi connectivity index (χ1) is 21.4. The van der Waals surface area contributed by atoms with Gasteiger partial charge in [0.2, 0.25) is 0 Å². The molecular weight excluding hydrogens is 768 g/mol. The van der Waals surface area contributed by atoms with Gasteiger partial charge >= 0.3 is 11.9 Å². The molecule has 0 aromatic heterocycles. The van der Waals surface area contributed by atoms with Gasteiger partial charge in [0.25, 0.3) is 0 Å². The van der Waals surface area contributed by atoms with Crippen molar-refractivity contribution in [3.8, 4) is 0 Å². The molecule has 2 aromatic carbocycles. The maximum Gasteiger partial charge on any atom is 0.312 e. The van der Waals surface area contributed by atoms with Crippen LogP contribution < -0.4 is 0 Å². The second kappa shape index (κ2) is 19.3. The summed E-state index contributed by atoms with van der Waals surface area (Å²) >= 11 is 10.1. The molecule has 0 amide bonds. The Kier molecular flexibility index (Phi) is 17.0. The number of halogens is 3. The fourth-order valence-corrected chi connectivity index (χ4v) is 7.06. The van der Waals surface area contributed by atoms with E-state index in [1.54, 1.807) is 0 Å². The second-order valence-electron chi connectivity index (χ2n) is 12.0. The number of benzene rings is 2. The minimum absolute atomic E-state index is 0.0882. The Balaban J connectivity index is 0.000000263. The van der Waals surface area contributed by atoms with E-state index >= 15 is 0 Å². The monoisotopic (exact) mass is 814 g/mol. The van der Waals surface area contributed by atoms with Crippen LogP contribution >= 0.6 is 47.8 Å². The molecule has 2 aliphatic rings. The molecule has 4 rings (SSSR count). The third-order valence-electron chi connectivity index (χ3n) is 8.86. The summed E-state index contributed by atoms with van der Waals surface area (Å²) < 4.78 is 13.6. The summed E-state index contributed by atoms with van der Waals surface area (Å²) in [7, 11) is 0. The summed E-state index contributed by atoms with van der Waals surface area (Å²) in [5.74, 6) is 0.0973. The standard InChI is InChI=1S/C18H25BrO3.C12H20O3.C6H4Br2/c1-3-9-17(16(20)22-4-2)10-12-18(21,13-11-17)14-5-7-15(19)8-6-14;1-3-7-12(11(14)15-4-2)8-5-10(13)6-9-12;7-5-1-2-6(8)4-3-5/h5-8,21H,3-4,9-13H2,1-2H3;3-9H2,1-2H3;1-4H. The van der Waals surface area contributed by atoms with Crippen molar-refractivity contribution in [2.24, 2.45) is 10.8 Å². The molecule has 0 heterocycles. The lowest BCUT2D eigenvalue weighted by atomic mass is 9.65. The number of esters is 2. The van der Waals surface area contributed by atoms with E-state index in [9.17, 15) is 19.5 Å². The molecule has 9 heteroatoms. The number of rotatable bonds is 9. The number of hydrogen-bond acceptors (Lipinski definition) is 6. The van der Waals surface area contributed by atoms with Gasteiger partial charge in [-0.3, -0.25) is 14.4 Å². The van der Waals surface area contributed by atoms with Gasteiger partial charge in [0, 0.05) is 26.3 Å². The number of Topliss-reactive ketones (excluding diaryl/α,β-unsaturated/α-hetero) is 1. The Hall–Kier alpha value is -1.55. The molecule has 0 atom stereocenters. The number of carbonyl (C=O) groups is 3. The zero-order chi connectivity index (χ0) is 33.5. The SMILES string of the molecule is Brc1ccc(Br)cc1.CCCC1(C(=O)OCC)CCC(=O)CC1.CCCC1(C(=O)OCC)CCC(O)(c2ccc(Br)cc2)CC1. The normalized spacial score (nSPS) is 22.2. The summed E-state index contributed by atoms with van der Waals surface area (Å²) in [6.07, 6.45) is 8.62. The van der Waals surface area contributed by atoms with E-state index in [0.717, 1.165) is 44.7 Å². The van der Waals surface area contributed by atoms with Crippen LogP contribution in [0, 0.1) is 10.8 Å². The highest BCUT2D eigenvalue weighted by molar-refractivity contribution is 9.11. The number of carbonyl (C=O) groups excluding carboxylic acids is 3. The summed E-state index contributed by atoms with van der Waals surface area (Å²) in [5, 5.41) is 11.0. The number of ether oxygens (including phenoxy) is 2. The van der Waals surface area contributed by atoms with Gasteiger partial charge in [-0.05, 0) is 107 Å². The van der Waals surface area contributed by atoms with E-state index in [0.29, 0.717) is 64.6 Å². The van der Waals surface area contributed by atoms with Crippen LogP contribution in [0.3, 0.4) is 0 Å². The van der Waals surface area contributed by atoms with Crippen molar-refractivity contribution in [3.05, 3.63) is 67.5 Å². The number of hydrogen-bond donors (Lipinski definition) is 1. The maximum absolute atomic E-state index is 12.4. The Bertz CT molecular complexity index is 1170.